The maximum Gasteiger partial charge on any atom is 0.337 e. The van der Waals surface area contributed by atoms with E-state index in [0.717, 1.165) is 9.26 Å². The highest BCUT2D eigenvalue weighted by Crippen LogP contribution is 2.28. The third-order valence-electron chi connectivity index (χ3n) is 2.54. The zero-order valence-electron chi connectivity index (χ0n) is 10.2. The Morgan fingerprint density at radius 3 is 2.53 bits per heavy atom. The Morgan fingerprint density at radius 1 is 1.21 bits per heavy atom. The molecule has 2 aromatic rings. The maximum absolute atomic E-state index is 11.4. The van der Waals surface area contributed by atoms with Crippen molar-refractivity contribution in [3.63, 3.8) is 0 Å². The number of esters is 1. The molecule has 0 saturated carbocycles. The van der Waals surface area contributed by atoms with Crippen molar-refractivity contribution >= 4 is 39.9 Å². The van der Waals surface area contributed by atoms with Gasteiger partial charge in [-0.15, -0.1) is 0 Å². The Bertz CT molecular complexity index is 596. The molecule has 0 bridgehead atoms. The highest BCUT2D eigenvalue weighted by molar-refractivity contribution is 14.1. The lowest BCUT2D eigenvalue weighted by Gasteiger charge is -2.10. The van der Waals surface area contributed by atoms with E-state index in [-0.39, 0.29) is 5.75 Å². The summed E-state index contributed by atoms with van der Waals surface area (Å²) in [5.74, 6) is -0.364. The molecule has 2 rings (SSSR count). The molecule has 0 fully saturated rings. The van der Waals surface area contributed by atoms with E-state index in [0.29, 0.717) is 11.3 Å². The van der Waals surface area contributed by atoms with Crippen LogP contribution in [-0.4, -0.2) is 18.2 Å². The van der Waals surface area contributed by atoms with Crippen LogP contribution in [0, 0.1) is 3.57 Å². The molecule has 0 amide bonds. The molecule has 2 N–H and O–H groups in total. The number of rotatable bonds is 3. The van der Waals surface area contributed by atoms with Crippen molar-refractivity contribution in [1.29, 1.82) is 0 Å². The van der Waals surface area contributed by atoms with Crippen LogP contribution >= 0.6 is 22.6 Å². The summed E-state index contributed by atoms with van der Waals surface area (Å²) in [4.78, 5) is 11.4. The number of hydrogen-bond donors (Lipinski definition) is 2. The second-order valence-electron chi connectivity index (χ2n) is 3.86. The topological polar surface area (TPSA) is 58.6 Å². The number of carbonyl (C=O) groups is 1. The molecule has 4 nitrogen and oxygen atoms in total. The van der Waals surface area contributed by atoms with Crippen LogP contribution in [0.25, 0.3) is 0 Å². The van der Waals surface area contributed by atoms with Crippen LogP contribution in [0.2, 0.25) is 0 Å². The molecule has 0 aliphatic heterocycles. The Morgan fingerprint density at radius 2 is 1.89 bits per heavy atom. The number of aromatic hydroxyl groups is 1. The van der Waals surface area contributed by atoms with Crippen molar-refractivity contribution < 1.29 is 14.6 Å². The van der Waals surface area contributed by atoms with Crippen molar-refractivity contribution in [3.05, 3.63) is 51.6 Å². The summed E-state index contributed by atoms with van der Waals surface area (Å²) >= 11 is 2.21. The highest BCUT2D eigenvalue weighted by atomic mass is 127. The summed E-state index contributed by atoms with van der Waals surface area (Å²) in [5.41, 5.74) is 1.68. The van der Waals surface area contributed by atoms with E-state index >= 15 is 0 Å². The number of hydrogen-bond acceptors (Lipinski definition) is 4. The fourth-order valence-corrected chi connectivity index (χ4v) is 1.93. The molecular formula is C14H12INO3. The van der Waals surface area contributed by atoms with Gasteiger partial charge in [0.1, 0.15) is 5.75 Å². The smallest absolute Gasteiger partial charge is 0.337 e. The summed E-state index contributed by atoms with van der Waals surface area (Å²) < 4.78 is 5.77. The van der Waals surface area contributed by atoms with Crippen LogP contribution in [0.3, 0.4) is 0 Å². The predicted octanol–water partition coefficient (Wildman–Crippen LogP) is 3.53. The summed E-state index contributed by atoms with van der Waals surface area (Å²) in [6.45, 7) is 0. The second kappa shape index (κ2) is 5.92. The minimum Gasteiger partial charge on any atom is -0.506 e. The van der Waals surface area contributed by atoms with Crippen LogP contribution in [0.1, 0.15) is 10.4 Å². The fourth-order valence-electron chi connectivity index (χ4n) is 1.57. The van der Waals surface area contributed by atoms with E-state index in [9.17, 15) is 9.90 Å². The van der Waals surface area contributed by atoms with Gasteiger partial charge < -0.3 is 15.2 Å². The average molecular weight is 369 g/mol. The van der Waals surface area contributed by atoms with Crippen molar-refractivity contribution in [2.24, 2.45) is 0 Å². The first-order valence-corrected chi connectivity index (χ1v) is 6.62. The number of methoxy groups -OCH3 is 1. The molecule has 0 heterocycles. The van der Waals surface area contributed by atoms with E-state index in [1.807, 2.05) is 24.3 Å². The Kier molecular flexibility index (Phi) is 4.26. The van der Waals surface area contributed by atoms with Crippen LogP contribution in [0.15, 0.2) is 42.5 Å². The van der Waals surface area contributed by atoms with Gasteiger partial charge in [0.05, 0.1) is 18.4 Å². The number of anilines is 2. The molecule has 0 aromatic heterocycles. The van der Waals surface area contributed by atoms with Gasteiger partial charge in [0, 0.05) is 9.26 Å². The third kappa shape index (κ3) is 3.37. The first-order valence-electron chi connectivity index (χ1n) is 5.54. The number of benzene rings is 2. The van der Waals surface area contributed by atoms with E-state index < -0.39 is 5.97 Å². The number of nitrogens with one attached hydrogen (secondary N) is 1. The monoisotopic (exact) mass is 369 g/mol. The standard InChI is InChI=1S/C14H12INO3/c1-19-14(18)9-2-7-13(17)12(8-9)16-11-5-3-10(15)4-6-11/h2-8,16-17H,1H3. The SMILES string of the molecule is COC(=O)c1ccc(O)c(Nc2ccc(I)cc2)c1. The summed E-state index contributed by atoms with van der Waals surface area (Å²) in [6.07, 6.45) is 0. The number of phenols is 1. The molecule has 0 aliphatic rings. The van der Waals surface area contributed by atoms with E-state index in [1.165, 1.54) is 19.2 Å². The van der Waals surface area contributed by atoms with E-state index in [4.69, 9.17) is 0 Å². The average Bonchev–Trinajstić information content (AvgIpc) is 2.43. The molecule has 5 heteroatoms. The van der Waals surface area contributed by atoms with Crippen molar-refractivity contribution in [2.45, 2.75) is 0 Å². The molecule has 0 atom stereocenters. The van der Waals surface area contributed by atoms with Gasteiger partial charge in [-0.25, -0.2) is 4.79 Å². The lowest BCUT2D eigenvalue weighted by Crippen LogP contribution is -2.02. The normalized spacial score (nSPS) is 10.0. The predicted molar refractivity (Wildman–Crippen MR) is 81.9 cm³/mol. The van der Waals surface area contributed by atoms with Crippen LogP contribution < -0.4 is 5.32 Å². The molecule has 0 saturated heterocycles. The highest BCUT2D eigenvalue weighted by Gasteiger charge is 2.09. The van der Waals surface area contributed by atoms with Crippen molar-refractivity contribution in [3.8, 4) is 5.75 Å². The molecule has 0 aliphatic carbocycles. The Hall–Kier alpha value is -1.76. The summed E-state index contributed by atoms with van der Waals surface area (Å²) in [7, 11) is 1.32. The van der Waals surface area contributed by atoms with Gasteiger partial charge in [0.15, 0.2) is 0 Å². The first-order chi connectivity index (χ1) is 9.10. The molecule has 0 spiro atoms. The minimum atomic E-state index is -0.439. The van der Waals surface area contributed by atoms with Crippen LogP contribution in [0.5, 0.6) is 5.75 Å². The van der Waals surface area contributed by atoms with Gasteiger partial charge in [-0.1, -0.05) is 0 Å². The molecule has 19 heavy (non-hydrogen) atoms. The van der Waals surface area contributed by atoms with Gasteiger partial charge in [0.25, 0.3) is 0 Å². The van der Waals surface area contributed by atoms with Crippen LogP contribution in [0.4, 0.5) is 11.4 Å². The minimum absolute atomic E-state index is 0.0752. The number of phenolic OH excluding ortho intramolecular Hbond substituents is 1. The zero-order chi connectivity index (χ0) is 13.8. The first kappa shape index (κ1) is 13.7. The van der Waals surface area contributed by atoms with Gasteiger partial charge >= 0.3 is 5.97 Å². The third-order valence-corrected chi connectivity index (χ3v) is 3.26. The fraction of sp³-hybridized carbons (Fsp3) is 0.0714. The number of carbonyl (C=O) groups excluding carboxylic acids is 1. The van der Waals surface area contributed by atoms with Gasteiger partial charge in [-0.3, -0.25) is 0 Å². The van der Waals surface area contributed by atoms with Crippen molar-refractivity contribution in [1.82, 2.24) is 0 Å². The lowest BCUT2D eigenvalue weighted by molar-refractivity contribution is 0.0601. The van der Waals surface area contributed by atoms with Crippen molar-refractivity contribution in [2.75, 3.05) is 12.4 Å². The van der Waals surface area contributed by atoms with Gasteiger partial charge in [0.2, 0.25) is 0 Å². The molecule has 2 aromatic carbocycles. The Labute approximate surface area is 124 Å². The molecule has 0 radical (unpaired) electrons. The zero-order valence-corrected chi connectivity index (χ0v) is 12.3. The van der Waals surface area contributed by atoms with Gasteiger partial charge in [-0.05, 0) is 65.1 Å². The quantitative estimate of drug-likeness (QED) is 0.494. The second-order valence-corrected chi connectivity index (χ2v) is 5.10. The van der Waals surface area contributed by atoms with Crippen LogP contribution in [-0.2, 0) is 4.74 Å². The Balaban J connectivity index is 2.28. The maximum atomic E-state index is 11.4. The molecule has 0 unspecified atom stereocenters. The summed E-state index contributed by atoms with van der Waals surface area (Å²) in [6, 6.07) is 12.2. The lowest BCUT2D eigenvalue weighted by atomic mass is 10.2. The van der Waals surface area contributed by atoms with E-state index in [1.54, 1.807) is 6.07 Å². The molecule has 98 valence electrons. The molecular weight excluding hydrogens is 357 g/mol. The van der Waals surface area contributed by atoms with Gasteiger partial charge in [-0.2, -0.15) is 0 Å². The summed E-state index contributed by atoms with van der Waals surface area (Å²) in [5, 5.41) is 12.8. The largest absolute Gasteiger partial charge is 0.506 e. The number of ether oxygens (including phenoxy) is 1. The number of halogens is 1. The van der Waals surface area contributed by atoms with E-state index in [2.05, 4.69) is 32.6 Å².